The highest BCUT2D eigenvalue weighted by atomic mass is 127. The molecule has 1 atom stereocenters. The van der Waals surface area contributed by atoms with Crippen LogP contribution in [0, 0.1) is 24.7 Å². The summed E-state index contributed by atoms with van der Waals surface area (Å²) in [5.74, 6) is 0.946. The van der Waals surface area contributed by atoms with Gasteiger partial charge in [-0.3, -0.25) is 9.48 Å². The van der Waals surface area contributed by atoms with Gasteiger partial charge in [-0.25, -0.2) is 0 Å². The number of likely N-dealkylation sites (tertiary alicyclic amines) is 1. The molecule has 36 heavy (non-hydrogen) atoms. The van der Waals surface area contributed by atoms with Crippen LogP contribution in [0.1, 0.15) is 49.6 Å². The van der Waals surface area contributed by atoms with Crippen LogP contribution in [-0.4, -0.2) is 65.6 Å². The smallest absolute Gasteiger partial charge is 0.209 e. The van der Waals surface area contributed by atoms with Crippen LogP contribution in [-0.2, 0) is 4.79 Å². The van der Waals surface area contributed by atoms with Gasteiger partial charge in [-0.2, -0.15) is 5.10 Å². The van der Waals surface area contributed by atoms with Crippen molar-refractivity contribution in [2.75, 3.05) is 42.7 Å². The van der Waals surface area contributed by atoms with Gasteiger partial charge in [0.1, 0.15) is 0 Å². The van der Waals surface area contributed by atoms with Crippen molar-refractivity contribution in [2.45, 2.75) is 52.1 Å². The van der Waals surface area contributed by atoms with Gasteiger partial charge in [-0.1, -0.05) is 11.6 Å². The Morgan fingerprint density at radius 2 is 2.03 bits per heavy atom. The van der Waals surface area contributed by atoms with E-state index in [0.29, 0.717) is 17.4 Å². The Morgan fingerprint density at radius 3 is 2.64 bits per heavy atom. The summed E-state index contributed by atoms with van der Waals surface area (Å²) in [7, 11) is 0. The minimum Gasteiger partial charge on any atom is -0.358 e. The van der Waals surface area contributed by atoms with Gasteiger partial charge >= 0.3 is 0 Å². The van der Waals surface area contributed by atoms with E-state index in [9.17, 15) is 4.79 Å². The fraction of sp³-hybridized carbons (Fsp3) is 0.560. The van der Waals surface area contributed by atoms with Crippen molar-refractivity contribution in [3.63, 3.8) is 0 Å². The summed E-state index contributed by atoms with van der Waals surface area (Å²) in [5, 5.41) is 21.3. The number of nitrogens with zero attached hydrogens (tertiary/aromatic N) is 4. The van der Waals surface area contributed by atoms with Gasteiger partial charge in [-0.05, 0) is 74.2 Å². The molecular formula is C25H34ClIN7OP. The normalized spacial score (nSPS) is 21.1. The third kappa shape index (κ3) is 4.24. The molecule has 1 aliphatic carbocycles. The first-order chi connectivity index (χ1) is 17.1. The number of hydrogen-bond donors (Lipinski definition) is 3. The first-order valence-corrected chi connectivity index (χ1v) is 16.9. The number of halogens is 2. The van der Waals surface area contributed by atoms with E-state index in [1.807, 2.05) is 17.9 Å². The van der Waals surface area contributed by atoms with Gasteiger partial charge in [0, 0.05) is 84.3 Å². The topological polar surface area (TPSA) is 89.3 Å². The second-order valence-electron chi connectivity index (χ2n) is 11.1. The van der Waals surface area contributed by atoms with Gasteiger partial charge in [0.05, 0.1) is 11.1 Å². The van der Waals surface area contributed by atoms with Gasteiger partial charge in [0.25, 0.3) is 0 Å². The molecule has 1 aromatic heterocycles. The highest BCUT2D eigenvalue weighted by molar-refractivity contribution is 14.2. The zero-order chi connectivity index (χ0) is 25.8. The van der Waals surface area contributed by atoms with E-state index in [4.69, 9.17) is 22.1 Å². The molecule has 11 heteroatoms. The van der Waals surface area contributed by atoms with E-state index < -0.39 is 0 Å². The number of amides is 1. The molecule has 0 bridgehead atoms. The van der Waals surface area contributed by atoms with Gasteiger partial charge < -0.3 is 25.6 Å². The highest BCUT2D eigenvalue weighted by Crippen LogP contribution is 2.55. The number of nitrogens with one attached hydrogen (secondary N) is 3. The molecule has 0 radical (unpaired) electrons. The van der Waals surface area contributed by atoms with Gasteiger partial charge in [0.15, 0.2) is 5.82 Å². The number of carbonyl (C=O) groups is 1. The lowest BCUT2D eigenvalue weighted by atomic mass is 9.61. The zero-order valence-corrected chi connectivity index (χ0v) is 25.1. The number of benzene rings is 1. The van der Waals surface area contributed by atoms with E-state index in [1.165, 1.54) is 6.21 Å². The number of aromatic nitrogens is 2. The Balaban J connectivity index is 1.66. The van der Waals surface area contributed by atoms with Crippen molar-refractivity contribution in [3.8, 4) is 11.1 Å². The van der Waals surface area contributed by atoms with Crippen LogP contribution in [0.2, 0.25) is 5.02 Å². The predicted molar refractivity (Wildman–Crippen MR) is 159 cm³/mol. The summed E-state index contributed by atoms with van der Waals surface area (Å²) in [4.78, 5) is 15.4. The molecule has 8 nitrogen and oxygen atoms in total. The number of carbonyl (C=O) groups excluding carboxylic acids is 1. The fourth-order valence-corrected chi connectivity index (χ4v) is 7.76. The SMILES string of the molecule is Cc1cc(NPI)c(C=N)c(-c2c(N3CCNCC3(C)C)nn(C3CC4(C3)CN(C=O)C4)c2C)c1Cl. The predicted octanol–water partition coefficient (Wildman–Crippen LogP) is 5.15. The number of piperazine rings is 1. The average molecular weight is 642 g/mol. The maximum absolute atomic E-state index is 11.1. The Hall–Kier alpha value is -1.42. The lowest BCUT2D eigenvalue weighted by Crippen LogP contribution is -2.61. The molecule has 1 amide bonds. The molecule has 5 rings (SSSR count). The summed E-state index contributed by atoms with van der Waals surface area (Å²) in [6, 6.07) is 2.34. The first kappa shape index (κ1) is 26.2. The third-order valence-electron chi connectivity index (χ3n) is 8.16. The van der Waals surface area contributed by atoms with Crippen molar-refractivity contribution in [1.29, 1.82) is 5.41 Å². The van der Waals surface area contributed by atoms with Crippen molar-refractivity contribution in [3.05, 3.63) is 27.9 Å². The molecule has 2 aliphatic heterocycles. The minimum absolute atomic E-state index is 0.121. The standard InChI is InChI=1S/C25H34ClIN7OP/c1-15-7-19(31-36-27)18(10-28)21(22(15)26)20-16(2)34(17-8-25(9-17)12-32(13-25)14-35)30-23(20)33-6-5-29-11-24(33,3)4/h7,10,14,17,28-29,31,36H,5-6,8-9,11-13H2,1-4H3. The molecule has 1 saturated carbocycles. The van der Waals surface area contributed by atoms with Crippen LogP contribution in [0.5, 0.6) is 0 Å². The Kier molecular flexibility index (Phi) is 7.07. The van der Waals surface area contributed by atoms with E-state index in [1.54, 1.807) is 0 Å². The van der Waals surface area contributed by atoms with Crippen molar-refractivity contribution >= 4 is 64.1 Å². The molecule has 1 aromatic carbocycles. The van der Waals surface area contributed by atoms with Crippen molar-refractivity contribution in [2.24, 2.45) is 5.41 Å². The summed E-state index contributed by atoms with van der Waals surface area (Å²) < 4.78 is 2.21. The second-order valence-corrected chi connectivity index (χ2v) is 13.6. The molecule has 3 heterocycles. The number of hydrogen-bond acceptors (Lipinski definition) is 6. The van der Waals surface area contributed by atoms with Crippen molar-refractivity contribution < 1.29 is 4.79 Å². The van der Waals surface area contributed by atoms with Crippen LogP contribution < -0.4 is 15.3 Å². The lowest BCUT2D eigenvalue weighted by molar-refractivity contribution is -0.140. The fourth-order valence-electron chi connectivity index (χ4n) is 6.33. The Labute approximate surface area is 232 Å². The van der Waals surface area contributed by atoms with Crippen LogP contribution in [0.25, 0.3) is 11.1 Å². The van der Waals surface area contributed by atoms with E-state index in [0.717, 1.165) is 91.4 Å². The molecule has 3 aliphatic rings. The number of anilines is 2. The largest absolute Gasteiger partial charge is 0.358 e. The summed E-state index contributed by atoms with van der Waals surface area (Å²) in [6.45, 7) is 13.0. The van der Waals surface area contributed by atoms with Crippen LogP contribution in [0.15, 0.2) is 6.07 Å². The van der Waals surface area contributed by atoms with E-state index in [-0.39, 0.29) is 11.0 Å². The lowest BCUT2D eigenvalue weighted by Gasteiger charge is -2.58. The number of aryl methyl sites for hydroxylation is 1. The molecule has 2 aromatic rings. The molecular weight excluding hydrogens is 608 g/mol. The summed E-state index contributed by atoms with van der Waals surface area (Å²) >= 11 is 9.36. The second kappa shape index (κ2) is 9.71. The maximum atomic E-state index is 11.1. The van der Waals surface area contributed by atoms with Crippen LogP contribution in [0.3, 0.4) is 0 Å². The van der Waals surface area contributed by atoms with Gasteiger partial charge in [-0.15, -0.1) is 0 Å². The zero-order valence-electron chi connectivity index (χ0n) is 21.2. The third-order valence-corrected chi connectivity index (χ3v) is 9.82. The molecule has 1 unspecified atom stereocenters. The highest BCUT2D eigenvalue weighted by Gasteiger charge is 2.53. The van der Waals surface area contributed by atoms with Gasteiger partial charge in [0.2, 0.25) is 6.41 Å². The Bertz CT molecular complexity index is 1200. The van der Waals surface area contributed by atoms with E-state index in [2.05, 4.69) is 62.8 Å². The Morgan fingerprint density at radius 1 is 1.31 bits per heavy atom. The molecule has 3 N–H and O–H groups in total. The average Bonchev–Trinajstić information content (AvgIpc) is 3.10. The van der Waals surface area contributed by atoms with Crippen molar-refractivity contribution in [1.82, 2.24) is 20.0 Å². The molecule has 3 fully saturated rings. The molecule has 2 saturated heterocycles. The molecule has 194 valence electrons. The van der Waals surface area contributed by atoms with Crippen LogP contribution in [0.4, 0.5) is 11.5 Å². The maximum Gasteiger partial charge on any atom is 0.209 e. The quantitative estimate of drug-likeness (QED) is 0.168. The van der Waals surface area contributed by atoms with E-state index >= 15 is 0 Å². The van der Waals surface area contributed by atoms with Crippen LogP contribution >= 0.6 is 40.0 Å². The molecule has 1 spiro atoms. The first-order valence-electron chi connectivity index (χ1n) is 12.4. The monoisotopic (exact) mass is 641 g/mol. The minimum atomic E-state index is -0.121. The summed E-state index contributed by atoms with van der Waals surface area (Å²) in [6.07, 6.45) is 4.93. The summed E-state index contributed by atoms with van der Waals surface area (Å²) in [5.41, 5.74) is 5.85. The number of rotatable bonds is 7.